The van der Waals surface area contributed by atoms with Crippen molar-refractivity contribution in [2.45, 2.75) is 26.8 Å². The van der Waals surface area contributed by atoms with Crippen molar-refractivity contribution in [1.82, 2.24) is 14.8 Å². The number of hydrogen-bond donors (Lipinski definition) is 1. The summed E-state index contributed by atoms with van der Waals surface area (Å²) in [7, 11) is 0. The highest BCUT2D eigenvalue weighted by Crippen LogP contribution is 2.26. The van der Waals surface area contributed by atoms with E-state index in [-0.39, 0.29) is 17.6 Å². The van der Waals surface area contributed by atoms with E-state index in [4.69, 9.17) is 4.74 Å². The van der Waals surface area contributed by atoms with Crippen LogP contribution in [0.25, 0.3) is 0 Å². The maximum Gasteiger partial charge on any atom is 0.278 e. The lowest BCUT2D eigenvalue weighted by molar-refractivity contribution is -0.384. The van der Waals surface area contributed by atoms with E-state index >= 15 is 0 Å². The third kappa shape index (κ3) is 3.68. The van der Waals surface area contributed by atoms with E-state index in [0.717, 1.165) is 0 Å². The molecule has 2 rings (SSSR count). The van der Waals surface area contributed by atoms with E-state index in [0.29, 0.717) is 18.1 Å². The molecule has 8 nitrogen and oxygen atoms in total. The molecule has 2 aromatic rings. The smallest absolute Gasteiger partial charge is 0.278 e. The molecule has 2 heterocycles. The highest BCUT2D eigenvalue weighted by Gasteiger charge is 2.13. The predicted molar refractivity (Wildman–Crippen MR) is 77.7 cm³/mol. The summed E-state index contributed by atoms with van der Waals surface area (Å²) in [5, 5.41) is 18.0. The summed E-state index contributed by atoms with van der Waals surface area (Å²) in [6.07, 6.45) is 3.27. The molecule has 112 valence electrons. The maximum absolute atomic E-state index is 10.9. The van der Waals surface area contributed by atoms with Crippen LogP contribution in [-0.4, -0.2) is 26.2 Å². The van der Waals surface area contributed by atoms with Crippen LogP contribution in [0, 0.1) is 10.1 Å². The normalized spacial score (nSPS) is 10.7. The number of nitro groups is 1. The molecule has 0 fully saturated rings. The molecule has 1 N–H and O–H groups in total. The van der Waals surface area contributed by atoms with Gasteiger partial charge in [-0.15, -0.1) is 0 Å². The minimum Gasteiger partial charge on any atom is -0.435 e. The summed E-state index contributed by atoms with van der Waals surface area (Å²) in [6.45, 7) is 6.48. The van der Waals surface area contributed by atoms with Crippen molar-refractivity contribution >= 4 is 11.5 Å². The van der Waals surface area contributed by atoms with E-state index in [1.54, 1.807) is 17.1 Å². The van der Waals surface area contributed by atoms with Crippen molar-refractivity contribution in [2.24, 2.45) is 0 Å². The molecule has 21 heavy (non-hydrogen) atoms. The summed E-state index contributed by atoms with van der Waals surface area (Å²) in [6, 6.07) is 2.86. The van der Waals surface area contributed by atoms with Gasteiger partial charge in [0.15, 0.2) is 5.75 Å². The molecule has 0 aliphatic carbocycles. The van der Waals surface area contributed by atoms with Gasteiger partial charge >= 0.3 is 0 Å². The lowest BCUT2D eigenvalue weighted by atomic mass is 10.4. The second-order valence-electron chi connectivity index (χ2n) is 4.69. The van der Waals surface area contributed by atoms with Gasteiger partial charge in [-0.2, -0.15) is 10.1 Å². The van der Waals surface area contributed by atoms with Crippen molar-refractivity contribution in [2.75, 3.05) is 11.9 Å². The van der Waals surface area contributed by atoms with Crippen LogP contribution in [0.1, 0.15) is 26.8 Å². The molecule has 0 aliphatic rings. The fourth-order valence-electron chi connectivity index (χ4n) is 1.70. The molecule has 0 aliphatic heterocycles. The first-order valence-corrected chi connectivity index (χ1v) is 6.62. The number of rotatable bonds is 6. The average Bonchev–Trinajstić information content (AvgIpc) is 2.87. The first kappa shape index (κ1) is 14.8. The Morgan fingerprint density at radius 3 is 2.81 bits per heavy atom. The number of nitrogens with one attached hydrogen (secondary N) is 1. The highest BCUT2D eigenvalue weighted by atomic mass is 16.6. The van der Waals surface area contributed by atoms with Crippen molar-refractivity contribution in [3.8, 4) is 11.6 Å². The second-order valence-corrected chi connectivity index (χ2v) is 4.69. The van der Waals surface area contributed by atoms with Gasteiger partial charge in [-0.05, 0) is 20.8 Å². The van der Waals surface area contributed by atoms with Crippen molar-refractivity contribution in [3.05, 3.63) is 34.6 Å². The fraction of sp³-hybridized carbons (Fsp3) is 0.385. The SMILES string of the molecule is CCNc1cc([N+](=O)[O-])cc(Oc2cnn(C(C)C)c2)n1. The van der Waals surface area contributed by atoms with E-state index in [2.05, 4.69) is 15.4 Å². The quantitative estimate of drug-likeness (QED) is 0.649. The number of pyridine rings is 1. The van der Waals surface area contributed by atoms with Crippen LogP contribution < -0.4 is 10.1 Å². The van der Waals surface area contributed by atoms with E-state index < -0.39 is 4.92 Å². The zero-order valence-corrected chi connectivity index (χ0v) is 12.1. The monoisotopic (exact) mass is 291 g/mol. The van der Waals surface area contributed by atoms with Gasteiger partial charge in [0.25, 0.3) is 5.69 Å². The first-order valence-electron chi connectivity index (χ1n) is 6.62. The van der Waals surface area contributed by atoms with Gasteiger partial charge in [0.2, 0.25) is 5.88 Å². The summed E-state index contributed by atoms with van der Waals surface area (Å²) in [4.78, 5) is 14.6. The molecule has 0 atom stereocenters. The molecule has 0 saturated heterocycles. The van der Waals surface area contributed by atoms with Crippen LogP contribution in [0.15, 0.2) is 24.5 Å². The Bertz CT molecular complexity index is 638. The average molecular weight is 291 g/mol. The molecule has 0 unspecified atom stereocenters. The predicted octanol–water partition coefficient (Wildman–Crippen LogP) is 2.99. The Labute approximate surface area is 121 Å². The molecular weight excluding hydrogens is 274 g/mol. The summed E-state index contributed by atoms with van der Waals surface area (Å²) in [5.74, 6) is 1.04. The zero-order valence-electron chi connectivity index (χ0n) is 12.1. The van der Waals surface area contributed by atoms with E-state index in [1.165, 1.54) is 12.1 Å². The molecule has 0 saturated carbocycles. The summed E-state index contributed by atoms with van der Waals surface area (Å²) < 4.78 is 7.28. The molecule has 0 bridgehead atoms. The third-order valence-corrected chi connectivity index (χ3v) is 2.68. The Morgan fingerprint density at radius 1 is 1.48 bits per heavy atom. The second kappa shape index (κ2) is 6.21. The Hall–Kier alpha value is -2.64. The lowest BCUT2D eigenvalue weighted by Crippen LogP contribution is -2.02. The molecule has 0 aromatic carbocycles. The van der Waals surface area contributed by atoms with Crippen molar-refractivity contribution in [1.29, 1.82) is 0 Å². The number of ether oxygens (including phenoxy) is 1. The Morgan fingerprint density at radius 2 is 2.24 bits per heavy atom. The van der Waals surface area contributed by atoms with Crippen LogP contribution in [0.5, 0.6) is 11.6 Å². The van der Waals surface area contributed by atoms with Crippen LogP contribution in [0.3, 0.4) is 0 Å². The van der Waals surface area contributed by atoms with Gasteiger partial charge in [0.1, 0.15) is 5.82 Å². The van der Waals surface area contributed by atoms with Crippen LogP contribution in [0.4, 0.5) is 11.5 Å². The largest absolute Gasteiger partial charge is 0.435 e. The van der Waals surface area contributed by atoms with Crippen LogP contribution >= 0.6 is 0 Å². The van der Waals surface area contributed by atoms with Gasteiger partial charge in [0.05, 0.1) is 29.4 Å². The summed E-state index contributed by atoms with van der Waals surface area (Å²) in [5.41, 5.74) is -0.0767. The van der Waals surface area contributed by atoms with E-state index in [9.17, 15) is 10.1 Å². The van der Waals surface area contributed by atoms with Crippen molar-refractivity contribution in [3.63, 3.8) is 0 Å². The van der Waals surface area contributed by atoms with Gasteiger partial charge in [-0.1, -0.05) is 0 Å². The topological polar surface area (TPSA) is 95.1 Å². The molecular formula is C13H17N5O3. The van der Waals surface area contributed by atoms with Gasteiger partial charge < -0.3 is 10.1 Å². The van der Waals surface area contributed by atoms with Crippen LogP contribution in [0.2, 0.25) is 0 Å². The summed E-state index contributed by atoms with van der Waals surface area (Å²) >= 11 is 0. The molecule has 0 radical (unpaired) electrons. The standard InChI is InChI=1S/C13H17N5O3/c1-4-14-12-5-10(18(19)20)6-13(16-12)21-11-7-15-17(8-11)9(2)3/h5-9H,4H2,1-3H3,(H,14,16). The molecule has 0 spiro atoms. The van der Waals surface area contributed by atoms with E-state index in [1.807, 2.05) is 20.8 Å². The van der Waals surface area contributed by atoms with Crippen molar-refractivity contribution < 1.29 is 9.66 Å². The number of anilines is 1. The van der Waals surface area contributed by atoms with Gasteiger partial charge in [0, 0.05) is 12.6 Å². The zero-order chi connectivity index (χ0) is 15.4. The number of hydrogen-bond acceptors (Lipinski definition) is 6. The molecule has 2 aromatic heterocycles. The van der Waals surface area contributed by atoms with Gasteiger partial charge in [-0.3, -0.25) is 14.8 Å². The molecule has 8 heteroatoms. The van der Waals surface area contributed by atoms with Crippen LogP contribution in [-0.2, 0) is 0 Å². The first-order chi connectivity index (χ1) is 9.99. The fourth-order valence-corrected chi connectivity index (χ4v) is 1.70. The third-order valence-electron chi connectivity index (χ3n) is 2.68. The van der Waals surface area contributed by atoms with Gasteiger partial charge in [-0.25, -0.2) is 0 Å². The minimum absolute atomic E-state index is 0.0767. The maximum atomic E-state index is 10.9. The Balaban J connectivity index is 2.26. The highest BCUT2D eigenvalue weighted by molar-refractivity contribution is 5.48. The lowest BCUT2D eigenvalue weighted by Gasteiger charge is -2.06. The minimum atomic E-state index is -0.479. The number of aromatic nitrogens is 3. The Kier molecular flexibility index (Phi) is 4.36. The number of nitrogens with zero attached hydrogens (tertiary/aromatic N) is 4. The molecule has 0 amide bonds.